The van der Waals surface area contributed by atoms with Gasteiger partial charge in [-0.15, -0.1) is 0 Å². The van der Waals surface area contributed by atoms with Crippen LogP contribution in [0, 0.1) is 5.92 Å². The molecule has 2 saturated heterocycles. The summed E-state index contributed by atoms with van der Waals surface area (Å²) in [6.07, 6.45) is 5.01. The minimum absolute atomic E-state index is 0.0323. The molecule has 2 rings (SSSR count). The van der Waals surface area contributed by atoms with Crippen molar-refractivity contribution in [3.63, 3.8) is 0 Å². The summed E-state index contributed by atoms with van der Waals surface area (Å²) in [5.74, 6) is 0.561. The van der Waals surface area contributed by atoms with Crippen LogP contribution in [0.25, 0.3) is 0 Å². The van der Waals surface area contributed by atoms with Crippen LogP contribution in [-0.2, 0) is 9.53 Å². The molecule has 2 aliphatic heterocycles. The van der Waals surface area contributed by atoms with Crippen molar-refractivity contribution in [1.29, 1.82) is 0 Å². The Balaban J connectivity index is 1.89. The molecule has 0 radical (unpaired) electrons. The second-order valence-corrected chi connectivity index (χ2v) is 7.33. The summed E-state index contributed by atoms with van der Waals surface area (Å²) in [4.78, 5) is 28.2. The first-order chi connectivity index (χ1) is 11.4. The average Bonchev–Trinajstić information content (AvgIpc) is 2.88. The van der Waals surface area contributed by atoms with Crippen LogP contribution in [0.5, 0.6) is 0 Å². The molecule has 2 aliphatic rings. The minimum Gasteiger partial charge on any atom is -0.441 e. The third-order valence-corrected chi connectivity index (χ3v) is 5.58. The van der Waals surface area contributed by atoms with Crippen LogP contribution in [-0.4, -0.2) is 59.6 Å². The van der Waals surface area contributed by atoms with Gasteiger partial charge in [-0.1, -0.05) is 40.0 Å². The number of amides is 2. The largest absolute Gasteiger partial charge is 0.441 e. The number of rotatable bonds is 7. The van der Waals surface area contributed by atoms with Crippen molar-refractivity contribution >= 4 is 12.0 Å². The highest BCUT2D eigenvalue weighted by atomic mass is 16.6. The highest BCUT2D eigenvalue weighted by Crippen LogP contribution is 2.34. The predicted octanol–water partition coefficient (Wildman–Crippen LogP) is 2.36. The fourth-order valence-electron chi connectivity index (χ4n) is 3.76. The lowest BCUT2D eigenvalue weighted by molar-refractivity contribution is -0.136. The first-order valence-corrected chi connectivity index (χ1v) is 9.47. The van der Waals surface area contributed by atoms with E-state index in [2.05, 4.69) is 13.8 Å². The van der Waals surface area contributed by atoms with Crippen molar-refractivity contribution in [2.75, 3.05) is 26.2 Å². The van der Waals surface area contributed by atoms with Gasteiger partial charge in [0.1, 0.15) is 5.60 Å². The summed E-state index contributed by atoms with van der Waals surface area (Å²) in [5.41, 5.74) is 5.54. The minimum atomic E-state index is -0.408. The van der Waals surface area contributed by atoms with Gasteiger partial charge in [0.25, 0.3) is 0 Å². The zero-order valence-corrected chi connectivity index (χ0v) is 15.4. The topological polar surface area (TPSA) is 75.9 Å². The molecule has 2 amide bonds. The first-order valence-electron chi connectivity index (χ1n) is 9.47. The Morgan fingerprint density at radius 2 is 1.88 bits per heavy atom. The highest BCUT2D eigenvalue weighted by Gasteiger charge is 2.47. The van der Waals surface area contributed by atoms with Gasteiger partial charge in [0, 0.05) is 32.5 Å². The highest BCUT2D eigenvalue weighted by molar-refractivity contribution is 5.81. The van der Waals surface area contributed by atoms with Crippen molar-refractivity contribution < 1.29 is 14.3 Å². The normalized spacial score (nSPS) is 21.5. The van der Waals surface area contributed by atoms with Gasteiger partial charge in [0.2, 0.25) is 5.91 Å². The Bertz CT molecular complexity index is 443. The maximum absolute atomic E-state index is 12.3. The number of hydrogen-bond acceptors (Lipinski definition) is 4. The molecule has 2 N–H and O–H groups in total. The van der Waals surface area contributed by atoms with E-state index in [9.17, 15) is 9.59 Å². The van der Waals surface area contributed by atoms with Crippen molar-refractivity contribution in [2.24, 2.45) is 11.7 Å². The molecule has 0 aromatic rings. The van der Waals surface area contributed by atoms with Gasteiger partial charge in [0.15, 0.2) is 0 Å². The van der Waals surface area contributed by atoms with E-state index in [1.165, 1.54) is 0 Å². The maximum Gasteiger partial charge on any atom is 0.410 e. The lowest BCUT2D eigenvalue weighted by atomic mass is 9.90. The quantitative estimate of drug-likeness (QED) is 0.772. The van der Waals surface area contributed by atoms with Crippen LogP contribution in [0.3, 0.4) is 0 Å². The predicted molar refractivity (Wildman–Crippen MR) is 93.6 cm³/mol. The molecule has 24 heavy (non-hydrogen) atoms. The molecule has 6 nitrogen and oxygen atoms in total. The van der Waals surface area contributed by atoms with Crippen LogP contribution in [0.4, 0.5) is 4.79 Å². The molecule has 0 aromatic carbocycles. The van der Waals surface area contributed by atoms with Crippen molar-refractivity contribution in [2.45, 2.75) is 70.9 Å². The molecule has 138 valence electrons. The SMILES string of the molecule is CCC[C@@H](N)C(=O)N1CCC2(CC1)CN(CC(CC)CC)C(=O)O2. The maximum atomic E-state index is 12.3. The van der Waals surface area contributed by atoms with Crippen LogP contribution < -0.4 is 5.73 Å². The van der Waals surface area contributed by atoms with Crippen LogP contribution >= 0.6 is 0 Å². The molecule has 2 heterocycles. The van der Waals surface area contributed by atoms with E-state index in [4.69, 9.17) is 10.5 Å². The second kappa shape index (κ2) is 8.19. The molecule has 6 heteroatoms. The number of carbonyl (C=O) groups excluding carboxylic acids is 2. The van der Waals surface area contributed by atoms with Gasteiger partial charge in [-0.2, -0.15) is 0 Å². The van der Waals surface area contributed by atoms with Crippen LogP contribution in [0.15, 0.2) is 0 Å². The molecule has 2 fully saturated rings. The van der Waals surface area contributed by atoms with E-state index < -0.39 is 11.6 Å². The number of hydrogen-bond donors (Lipinski definition) is 1. The number of likely N-dealkylation sites (tertiary alicyclic amines) is 1. The zero-order chi connectivity index (χ0) is 17.7. The van der Waals surface area contributed by atoms with E-state index in [0.29, 0.717) is 38.4 Å². The van der Waals surface area contributed by atoms with Gasteiger partial charge in [0.05, 0.1) is 12.6 Å². The third-order valence-electron chi connectivity index (χ3n) is 5.58. The van der Waals surface area contributed by atoms with Crippen molar-refractivity contribution in [3.8, 4) is 0 Å². The number of carbonyl (C=O) groups is 2. The summed E-state index contributed by atoms with van der Waals surface area (Å²) in [6, 6.07) is -0.401. The Labute approximate surface area is 145 Å². The van der Waals surface area contributed by atoms with Crippen LogP contribution in [0.1, 0.15) is 59.3 Å². The lowest BCUT2D eigenvalue weighted by Crippen LogP contribution is -2.52. The average molecular weight is 339 g/mol. The summed E-state index contributed by atoms with van der Waals surface area (Å²) >= 11 is 0. The number of nitrogens with two attached hydrogens (primary N) is 1. The van der Waals surface area contributed by atoms with Gasteiger partial charge in [-0.3, -0.25) is 4.79 Å². The van der Waals surface area contributed by atoms with E-state index in [-0.39, 0.29) is 12.0 Å². The van der Waals surface area contributed by atoms with Crippen LogP contribution in [0.2, 0.25) is 0 Å². The van der Waals surface area contributed by atoms with Gasteiger partial charge >= 0.3 is 6.09 Å². The summed E-state index contributed by atoms with van der Waals surface area (Å²) in [7, 11) is 0. The van der Waals surface area contributed by atoms with Crippen molar-refractivity contribution in [1.82, 2.24) is 9.80 Å². The summed E-state index contributed by atoms with van der Waals surface area (Å²) < 4.78 is 5.75. The molecule has 0 saturated carbocycles. The van der Waals surface area contributed by atoms with E-state index in [1.807, 2.05) is 16.7 Å². The Kier molecular flexibility index (Phi) is 6.49. The molecular weight excluding hydrogens is 306 g/mol. The molecule has 0 bridgehead atoms. The standard InChI is InChI=1S/C18H33N3O3/c1-4-7-15(19)16(22)20-10-8-18(9-11-20)13-21(17(23)24-18)12-14(5-2)6-3/h14-15H,4-13,19H2,1-3H3/t15-/m1/s1. The van der Waals surface area contributed by atoms with Crippen molar-refractivity contribution in [3.05, 3.63) is 0 Å². The molecule has 0 unspecified atom stereocenters. The number of nitrogens with zero attached hydrogens (tertiary/aromatic N) is 2. The van der Waals surface area contributed by atoms with Gasteiger partial charge in [-0.05, 0) is 12.3 Å². The Morgan fingerprint density at radius 3 is 2.42 bits per heavy atom. The van der Waals surface area contributed by atoms with E-state index in [0.717, 1.165) is 32.2 Å². The molecule has 1 atom stereocenters. The molecule has 1 spiro atoms. The van der Waals surface area contributed by atoms with E-state index in [1.54, 1.807) is 0 Å². The first kappa shape index (κ1) is 19.0. The fourth-order valence-corrected chi connectivity index (χ4v) is 3.76. The Hall–Kier alpha value is -1.30. The second-order valence-electron chi connectivity index (χ2n) is 7.33. The third kappa shape index (κ3) is 4.21. The summed E-state index contributed by atoms with van der Waals surface area (Å²) in [6.45, 7) is 9.04. The Morgan fingerprint density at radius 1 is 1.25 bits per heavy atom. The fraction of sp³-hybridized carbons (Fsp3) is 0.889. The zero-order valence-electron chi connectivity index (χ0n) is 15.4. The number of ether oxygens (including phenoxy) is 1. The molecule has 0 aliphatic carbocycles. The number of piperidine rings is 1. The van der Waals surface area contributed by atoms with Gasteiger partial charge < -0.3 is 20.3 Å². The molecule has 0 aromatic heterocycles. The lowest BCUT2D eigenvalue weighted by Gasteiger charge is -2.38. The molecular formula is C18H33N3O3. The summed E-state index contributed by atoms with van der Waals surface area (Å²) in [5, 5.41) is 0. The smallest absolute Gasteiger partial charge is 0.410 e. The monoisotopic (exact) mass is 339 g/mol. The van der Waals surface area contributed by atoms with E-state index >= 15 is 0 Å². The van der Waals surface area contributed by atoms with Gasteiger partial charge in [-0.25, -0.2) is 4.79 Å².